The highest BCUT2D eigenvalue weighted by Crippen LogP contribution is 2.26. The summed E-state index contributed by atoms with van der Waals surface area (Å²) in [6, 6.07) is 13.0. The molecule has 2 aromatic carbocycles. The molecule has 0 fully saturated rings. The Kier molecular flexibility index (Phi) is 5.63. The number of benzene rings is 2. The third-order valence-electron chi connectivity index (χ3n) is 3.96. The molecule has 1 heterocycles. The topological polar surface area (TPSA) is 43.3 Å². The molecule has 4 nitrogen and oxygen atoms in total. The van der Waals surface area contributed by atoms with Crippen LogP contribution in [0.1, 0.15) is 5.56 Å². The van der Waals surface area contributed by atoms with Crippen molar-refractivity contribution in [3.05, 3.63) is 64.3 Å². The number of para-hydroxylation sites is 1. The third-order valence-corrected chi connectivity index (χ3v) is 4.51. The fourth-order valence-electron chi connectivity index (χ4n) is 2.80. The van der Waals surface area contributed by atoms with E-state index in [1.165, 1.54) is 0 Å². The van der Waals surface area contributed by atoms with Crippen LogP contribution >= 0.6 is 23.2 Å². The summed E-state index contributed by atoms with van der Waals surface area (Å²) in [5.41, 5.74) is 2.61. The monoisotopic (exact) mass is 376 g/mol. The number of rotatable bonds is 6. The van der Waals surface area contributed by atoms with Gasteiger partial charge in [0.1, 0.15) is 0 Å². The van der Waals surface area contributed by atoms with Crippen molar-refractivity contribution < 1.29 is 9.53 Å². The van der Waals surface area contributed by atoms with E-state index in [-0.39, 0.29) is 12.3 Å². The zero-order valence-corrected chi connectivity index (χ0v) is 15.3. The first-order valence-corrected chi connectivity index (χ1v) is 8.64. The van der Waals surface area contributed by atoms with Gasteiger partial charge in [-0.15, -0.1) is 0 Å². The maximum absolute atomic E-state index is 12.4. The van der Waals surface area contributed by atoms with E-state index in [9.17, 15) is 4.79 Å². The summed E-state index contributed by atoms with van der Waals surface area (Å²) >= 11 is 12.0. The number of hydrogen-bond acceptors (Lipinski definition) is 2. The maximum Gasteiger partial charge on any atom is 0.228 e. The van der Waals surface area contributed by atoms with Crippen LogP contribution in [-0.2, 0) is 22.5 Å². The van der Waals surface area contributed by atoms with E-state index >= 15 is 0 Å². The molecule has 0 unspecified atom stereocenters. The molecule has 0 atom stereocenters. The van der Waals surface area contributed by atoms with Gasteiger partial charge in [-0.1, -0.05) is 41.4 Å². The molecule has 0 aliphatic heterocycles. The van der Waals surface area contributed by atoms with Gasteiger partial charge in [0.25, 0.3) is 0 Å². The number of nitrogens with one attached hydrogen (secondary N) is 1. The smallest absolute Gasteiger partial charge is 0.228 e. The molecule has 6 heteroatoms. The molecule has 3 rings (SSSR count). The largest absolute Gasteiger partial charge is 0.383 e. The third kappa shape index (κ3) is 4.15. The number of aromatic nitrogens is 1. The Morgan fingerprint density at radius 3 is 2.76 bits per heavy atom. The number of nitrogens with zero attached hydrogens (tertiary/aromatic N) is 1. The van der Waals surface area contributed by atoms with Crippen LogP contribution in [0.15, 0.2) is 48.7 Å². The van der Waals surface area contributed by atoms with Crippen LogP contribution < -0.4 is 5.32 Å². The van der Waals surface area contributed by atoms with Crippen molar-refractivity contribution in [2.75, 3.05) is 19.0 Å². The molecule has 3 aromatic rings. The second-order valence-corrected chi connectivity index (χ2v) is 6.55. The van der Waals surface area contributed by atoms with Gasteiger partial charge in [-0.2, -0.15) is 0 Å². The lowest BCUT2D eigenvalue weighted by atomic mass is 10.1. The molecule has 0 spiro atoms. The number of halogens is 2. The quantitative estimate of drug-likeness (QED) is 0.672. The van der Waals surface area contributed by atoms with Crippen LogP contribution in [-0.4, -0.2) is 24.2 Å². The normalized spacial score (nSPS) is 11.0. The molecule has 0 radical (unpaired) electrons. The van der Waals surface area contributed by atoms with Crippen LogP contribution in [0.5, 0.6) is 0 Å². The summed E-state index contributed by atoms with van der Waals surface area (Å²) in [7, 11) is 1.68. The first-order chi connectivity index (χ1) is 12.1. The van der Waals surface area contributed by atoms with Gasteiger partial charge in [0, 0.05) is 35.8 Å². The second-order valence-electron chi connectivity index (χ2n) is 5.71. The molecule has 1 aromatic heterocycles. The number of carbonyl (C=O) groups excluding carboxylic acids is 1. The highest BCUT2D eigenvalue weighted by atomic mass is 35.5. The van der Waals surface area contributed by atoms with Crippen molar-refractivity contribution in [1.82, 2.24) is 4.57 Å². The van der Waals surface area contributed by atoms with Crippen LogP contribution in [0.4, 0.5) is 5.69 Å². The summed E-state index contributed by atoms with van der Waals surface area (Å²) in [4.78, 5) is 12.4. The van der Waals surface area contributed by atoms with E-state index in [4.69, 9.17) is 27.9 Å². The predicted octanol–water partition coefficient (Wildman–Crippen LogP) is 4.78. The number of ether oxygens (including phenoxy) is 1. The number of anilines is 1. The fraction of sp³-hybridized carbons (Fsp3) is 0.211. The Hall–Kier alpha value is -2.01. The molecule has 1 amide bonds. The Morgan fingerprint density at radius 1 is 1.20 bits per heavy atom. The van der Waals surface area contributed by atoms with E-state index in [1.54, 1.807) is 25.3 Å². The van der Waals surface area contributed by atoms with Crippen molar-refractivity contribution in [2.45, 2.75) is 13.0 Å². The van der Waals surface area contributed by atoms with Gasteiger partial charge in [-0.05, 0) is 29.8 Å². The molecule has 0 bridgehead atoms. The molecular weight excluding hydrogens is 359 g/mol. The first kappa shape index (κ1) is 17.8. The summed E-state index contributed by atoms with van der Waals surface area (Å²) in [5, 5.41) is 4.86. The zero-order chi connectivity index (χ0) is 17.8. The van der Waals surface area contributed by atoms with E-state index < -0.39 is 0 Å². The highest BCUT2D eigenvalue weighted by Gasteiger charge is 2.13. The summed E-state index contributed by atoms with van der Waals surface area (Å²) in [6.07, 6.45) is 2.27. The van der Waals surface area contributed by atoms with Gasteiger partial charge in [0.05, 0.1) is 23.7 Å². The second kappa shape index (κ2) is 7.91. The Balaban J connectivity index is 1.81. The molecule has 1 N–H and O–H groups in total. The highest BCUT2D eigenvalue weighted by molar-refractivity contribution is 6.36. The van der Waals surface area contributed by atoms with Crippen LogP contribution in [0.25, 0.3) is 10.9 Å². The van der Waals surface area contributed by atoms with Gasteiger partial charge in [-0.25, -0.2) is 0 Å². The lowest BCUT2D eigenvalue weighted by Crippen LogP contribution is -2.14. The van der Waals surface area contributed by atoms with Gasteiger partial charge >= 0.3 is 0 Å². The van der Waals surface area contributed by atoms with Crippen molar-refractivity contribution in [3.63, 3.8) is 0 Å². The Morgan fingerprint density at radius 2 is 2.00 bits per heavy atom. The minimum Gasteiger partial charge on any atom is -0.383 e. The molecule has 0 aliphatic carbocycles. The molecule has 0 saturated carbocycles. The number of fused-ring (bicyclic) bond motifs is 1. The average molecular weight is 377 g/mol. The lowest BCUT2D eigenvalue weighted by Gasteiger charge is -2.07. The summed E-state index contributed by atoms with van der Waals surface area (Å²) in [5.74, 6) is -0.126. The number of carbonyl (C=O) groups is 1. The van der Waals surface area contributed by atoms with Crippen molar-refractivity contribution in [1.29, 1.82) is 0 Å². The van der Waals surface area contributed by atoms with Gasteiger partial charge in [0.15, 0.2) is 0 Å². The minimum absolute atomic E-state index is 0.126. The van der Waals surface area contributed by atoms with Gasteiger partial charge in [-0.3, -0.25) is 4.79 Å². The van der Waals surface area contributed by atoms with E-state index in [2.05, 4.69) is 9.88 Å². The Bertz CT molecular complexity index is 906. The molecule has 25 heavy (non-hydrogen) atoms. The van der Waals surface area contributed by atoms with Gasteiger partial charge < -0.3 is 14.6 Å². The van der Waals surface area contributed by atoms with Crippen LogP contribution in [0.2, 0.25) is 10.0 Å². The number of hydrogen-bond donors (Lipinski definition) is 1. The fourth-order valence-corrected chi connectivity index (χ4v) is 3.25. The van der Waals surface area contributed by atoms with E-state index in [0.717, 1.165) is 23.0 Å². The maximum atomic E-state index is 12.4. The predicted molar refractivity (Wildman–Crippen MR) is 103 cm³/mol. The Labute approximate surface area is 156 Å². The molecule has 0 aliphatic rings. The van der Waals surface area contributed by atoms with E-state index in [0.29, 0.717) is 22.3 Å². The van der Waals surface area contributed by atoms with Gasteiger partial charge in [0.2, 0.25) is 5.91 Å². The SMILES string of the molecule is COCCn1cc(CC(=O)Nc2ccc(Cl)cc2Cl)c2ccccc21. The number of methoxy groups -OCH3 is 1. The zero-order valence-electron chi connectivity index (χ0n) is 13.8. The number of amides is 1. The summed E-state index contributed by atoms with van der Waals surface area (Å²) < 4.78 is 7.27. The van der Waals surface area contributed by atoms with Crippen molar-refractivity contribution >= 4 is 45.7 Å². The van der Waals surface area contributed by atoms with Crippen LogP contribution in [0.3, 0.4) is 0 Å². The first-order valence-electron chi connectivity index (χ1n) is 7.89. The van der Waals surface area contributed by atoms with Crippen molar-refractivity contribution in [2.24, 2.45) is 0 Å². The average Bonchev–Trinajstić information content (AvgIpc) is 2.93. The molecular formula is C19H18Cl2N2O2. The standard InChI is InChI=1S/C19H18Cl2N2O2/c1-25-9-8-23-12-13(15-4-2-3-5-18(15)23)10-19(24)22-17-7-6-14(20)11-16(17)21/h2-7,11-12H,8-10H2,1H3,(H,22,24). The minimum atomic E-state index is -0.126. The lowest BCUT2D eigenvalue weighted by molar-refractivity contribution is -0.115. The summed E-state index contributed by atoms with van der Waals surface area (Å²) in [6.45, 7) is 1.35. The van der Waals surface area contributed by atoms with Crippen LogP contribution in [0, 0.1) is 0 Å². The van der Waals surface area contributed by atoms with Crippen molar-refractivity contribution in [3.8, 4) is 0 Å². The van der Waals surface area contributed by atoms with E-state index in [1.807, 2.05) is 30.5 Å². The molecule has 0 saturated heterocycles. The molecule has 130 valence electrons.